The fourth-order valence-corrected chi connectivity index (χ4v) is 2.76. The van der Waals surface area contributed by atoms with E-state index in [-0.39, 0.29) is 17.5 Å². The van der Waals surface area contributed by atoms with E-state index in [2.05, 4.69) is 0 Å². The summed E-state index contributed by atoms with van der Waals surface area (Å²) in [4.78, 5) is 27.0. The molecule has 2 aliphatic heterocycles. The summed E-state index contributed by atoms with van der Waals surface area (Å²) >= 11 is 0. The third-order valence-corrected chi connectivity index (χ3v) is 3.63. The van der Waals surface area contributed by atoms with E-state index in [9.17, 15) is 9.59 Å². The Kier molecular flexibility index (Phi) is 3.03. The minimum Gasteiger partial charge on any atom is -0.444 e. The lowest BCUT2D eigenvalue weighted by atomic mass is 9.87. The Hall–Kier alpha value is -1.26. The highest BCUT2D eigenvalue weighted by atomic mass is 16.6. The molecule has 2 aliphatic rings. The van der Waals surface area contributed by atoms with E-state index < -0.39 is 5.60 Å². The van der Waals surface area contributed by atoms with Gasteiger partial charge in [0, 0.05) is 26.6 Å². The first-order valence-corrected chi connectivity index (χ1v) is 6.50. The Morgan fingerprint density at radius 2 is 1.83 bits per heavy atom. The molecule has 0 N–H and O–H groups in total. The maximum Gasteiger partial charge on any atom is 0.410 e. The van der Waals surface area contributed by atoms with Crippen LogP contribution in [-0.2, 0) is 9.53 Å². The molecule has 2 heterocycles. The van der Waals surface area contributed by atoms with Crippen LogP contribution >= 0.6 is 0 Å². The van der Waals surface area contributed by atoms with Gasteiger partial charge in [-0.25, -0.2) is 4.79 Å². The normalized spacial score (nSPS) is 22.0. The molecule has 2 saturated heterocycles. The predicted molar refractivity (Wildman–Crippen MR) is 67.2 cm³/mol. The number of carbonyl (C=O) groups is 2. The minimum atomic E-state index is -0.467. The van der Waals surface area contributed by atoms with Crippen molar-refractivity contribution in [2.24, 2.45) is 0 Å². The number of amides is 2. The van der Waals surface area contributed by atoms with Crippen LogP contribution in [0.5, 0.6) is 0 Å². The van der Waals surface area contributed by atoms with Gasteiger partial charge in [0.15, 0.2) is 0 Å². The molecular weight excluding hydrogens is 232 g/mol. The molecule has 0 saturated carbocycles. The molecule has 5 heteroatoms. The summed E-state index contributed by atoms with van der Waals surface area (Å²) in [7, 11) is 0. The second-order valence-electron chi connectivity index (χ2n) is 6.33. The summed E-state index contributed by atoms with van der Waals surface area (Å²) < 4.78 is 5.43. The zero-order valence-corrected chi connectivity index (χ0v) is 11.7. The van der Waals surface area contributed by atoms with Gasteiger partial charge in [0.2, 0.25) is 5.91 Å². The SMILES string of the molecule is CC(=O)N1CC2(CCCN2C(=O)OC(C)(C)C)C1. The average molecular weight is 254 g/mol. The monoisotopic (exact) mass is 254 g/mol. The molecule has 18 heavy (non-hydrogen) atoms. The lowest BCUT2D eigenvalue weighted by Gasteiger charge is -2.52. The molecule has 2 fully saturated rings. The van der Waals surface area contributed by atoms with Crippen molar-refractivity contribution in [3.8, 4) is 0 Å². The van der Waals surface area contributed by atoms with E-state index in [0.717, 1.165) is 19.4 Å². The first-order chi connectivity index (χ1) is 8.23. The highest BCUT2D eigenvalue weighted by Gasteiger charge is 2.53. The number of hydrogen-bond acceptors (Lipinski definition) is 3. The first-order valence-electron chi connectivity index (χ1n) is 6.50. The van der Waals surface area contributed by atoms with Crippen LogP contribution in [-0.4, -0.2) is 52.6 Å². The van der Waals surface area contributed by atoms with Crippen LogP contribution in [0.25, 0.3) is 0 Å². The summed E-state index contributed by atoms with van der Waals surface area (Å²) in [6, 6.07) is 0. The Bertz CT molecular complexity index is 367. The third-order valence-electron chi connectivity index (χ3n) is 3.63. The number of likely N-dealkylation sites (tertiary alicyclic amines) is 2. The summed E-state index contributed by atoms with van der Waals surface area (Å²) in [5, 5.41) is 0. The molecule has 0 aromatic carbocycles. The van der Waals surface area contributed by atoms with Crippen molar-refractivity contribution in [3.63, 3.8) is 0 Å². The maximum atomic E-state index is 12.1. The average Bonchev–Trinajstić information content (AvgIpc) is 2.55. The Morgan fingerprint density at radius 1 is 1.22 bits per heavy atom. The molecule has 2 amide bonds. The Morgan fingerprint density at radius 3 is 2.33 bits per heavy atom. The van der Waals surface area contributed by atoms with E-state index >= 15 is 0 Å². The smallest absolute Gasteiger partial charge is 0.410 e. The maximum absolute atomic E-state index is 12.1. The zero-order valence-electron chi connectivity index (χ0n) is 11.7. The van der Waals surface area contributed by atoms with Crippen LogP contribution in [0.15, 0.2) is 0 Å². The molecular formula is C13H22N2O3. The van der Waals surface area contributed by atoms with Crippen molar-refractivity contribution >= 4 is 12.0 Å². The van der Waals surface area contributed by atoms with Gasteiger partial charge in [-0.15, -0.1) is 0 Å². The van der Waals surface area contributed by atoms with Crippen LogP contribution in [0.1, 0.15) is 40.5 Å². The van der Waals surface area contributed by atoms with Crippen LogP contribution < -0.4 is 0 Å². The Balaban J connectivity index is 2.01. The van der Waals surface area contributed by atoms with E-state index in [4.69, 9.17) is 4.74 Å². The molecule has 102 valence electrons. The summed E-state index contributed by atoms with van der Waals surface area (Å²) in [6.07, 6.45) is 1.71. The van der Waals surface area contributed by atoms with Gasteiger partial charge in [0.25, 0.3) is 0 Å². The van der Waals surface area contributed by atoms with Crippen LogP contribution in [0.4, 0.5) is 4.79 Å². The van der Waals surface area contributed by atoms with Crippen molar-refractivity contribution in [3.05, 3.63) is 0 Å². The van der Waals surface area contributed by atoms with Gasteiger partial charge in [-0.1, -0.05) is 0 Å². The van der Waals surface area contributed by atoms with Crippen LogP contribution in [0.2, 0.25) is 0 Å². The fraction of sp³-hybridized carbons (Fsp3) is 0.846. The van der Waals surface area contributed by atoms with E-state index in [1.54, 1.807) is 11.8 Å². The summed E-state index contributed by atoms with van der Waals surface area (Å²) in [5.74, 6) is 0.0802. The summed E-state index contributed by atoms with van der Waals surface area (Å²) in [6.45, 7) is 9.23. The second-order valence-corrected chi connectivity index (χ2v) is 6.33. The topological polar surface area (TPSA) is 49.9 Å². The number of hydrogen-bond donors (Lipinski definition) is 0. The van der Waals surface area contributed by atoms with Gasteiger partial charge >= 0.3 is 6.09 Å². The molecule has 0 unspecified atom stereocenters. The van der Waals surface area contributed by atoms with Crippen molar-refractivity contribution in [1.82, 2.24) is 9.80 Å². The van der Waals surface area contributed by atoms with E-state index in [1.807, 2.05) is 25.7 Å². The predicted octanol–water partition coefficient (Wildman–Crippen LogP) is 1.62. The lowest BCUT2D eigenvalue weighted by Crippen LogP contribution is -2.69. The zero-order chi connectivity index (χ0) is 13.6. The molecule has 0 radical (unpaired) electrons. The molecule has 2 rings (SSSR count). The fourth-order valence-electron chi connectivity index (χ4n) is 2.76. The van der Waals surface area contributed by atoms with E-state index in [1.165, 1.54) is 0 Å². The minimum absolute atomic E-state index is 0.0802. The second kappa shape index (κ2) is 4.14. The summed E-state index contributed by atoms with van der Waals surface area (Å²) in [5.41, 5.74) is -0.626. The van der Waals surface area contributed by atoms with Gasteiger partial charge in [-0.2, -0.15) is 0 Å². The van der Waals surface area contributed by atoms with Crippen molar-refractivity contribution in [2.45, 2.75) is 51.7 Å². The highest BCUT2D eigenvalue weighted by Crippen LogP contribution is 2.38. The number of nitrogens with zero attached hydrogens (tertiary/aromatic N) is 2. The molecule has 0 bridgehead atoms. The number of rotatable bonds is 0. The molecule has 0 aromatic rings. The molecule has 0 atom stereocenters. The molecule has 5 nitrogen and oxygen atoms in total. The Labute approximate surface area is 108 Å². The van der Waals surface area contributed by atoms with Crippen molar-refractivity contribution in [2.75, 3.05) is 19.6 Å². The standard InChI is InChI=1S/C13H22N2O3/c1-10(16)14-8-13(9-14)6-5-7-15(13)11(17)18-12(2,3)4/h5-9H2,1-4H3. The van der Waals surface area contributed by atoms with Gasteiger partial charge in [0.1, 0.15) is 5.60 Å². The van der Waals surface area contributed by atoms with E-state index in [0.29, 0.717) is 13.1 Å². The van der Waals surface area contributed by atoms with Crippen LogP contribution in [0, 0.1) is 0 Å². The largest absolute Gasteiger partial charge is 0.444 e. The van der Waals surface area contributed by atoms with Gasteiger partial charge in [-0.05, 0) is 33.6 Å². The quantitative estimate of drug-likeness (QED) is 0.660. The van der Waals surface area contributed by atoms with Gasteiger partial charge < -0.3 is 9.64 Å². The number of ether oxygens (including phenoxy) is 1. The third kappa shape index (κ3) is 2.31. The van der Waals surface area contributed by atoms with Crippen molar-refractivity contribution < 1.29 is 14.3 Å². The molecule has 1 spiro atoms. The van der Waals surface area contributed by atoms with Crippen molar-refractivity contribution in [1.29, 1.82) is 0 Å². The number of carbonyl (C=O) groups excluding carboxylic acids is 2. The lowest BCUT2D eigenvalue weighted by molar-refractivity contribution is -0.141. The van der Waals surface area contributed by atoms with Gasteiger partial charge in [0.05, 0.1) is 5.54 Å². The molecule has 0 aliphatic carbocycles. The molecule has 0 aromatic heterocycles. The first kappa shape index (κ1) is 13.2. The van der Waals surface area contributed by atoms with Gasteiger partial charge in [-0.3, -0.25) is 9.69 Å². The van der Waals surface area contributed by atoms with Crippen LogP contribution in [0.3, 0.4) is 0 Å². The highest BCUT2D eigenvalue weighted by molar-refractivity contribution is 5.76.